The third-order valence-corrected chi connectivity index (χ3v) is 8.85. The first-order chi connectivity index (χ1) is 20.6. The molecule has 9 nitrogen and oxygen atoms in total. The Morgan fingerprint density at radius 2 is 2.00 bits per heavy atom. The predicted octanol–water partition coefficient (Wildman–Crippen LogP) is 6.67. The van der Waals surface area contributed by atoms with Crippen molar-refractivity contribution in [3.63, 3.8) is 0 Å². The molecule has 0 spiro atoms. The molecule has 1 aromatic carbocycles. The summed E-state index contributed by atoms with van der Waals surface area (Å²) in [6, 6.07) is 3.47. The highest BCUT2D eigenvalue weighted by Gasteiger charge is 2.49. The molecule has 3 aliphatic rings. The maximum Gasteiger partial charge on any atom is 0.320 e. The van der Waals surface area contributed by atoms with E-state index < -0.39 is 23.1 Å². The average molecular weight is 613 g/mol. The van der Waals surface area contributed by atoms with Crippen molar-refractivity contribution in [2.45, 2.75) is 82.8 Å². The first kappa shape index (κ1) is 28.6. The van der Waals surface area contributed by atoms with Crippen molar-refractivity contribution in [1.29, 1.82) is 0 Å². The molecule has 3 fully saturated rings. The first-order valence-corrected chi connectivity index (χ1v) is 15.3. The molecule has 0 saturated carbocycles. The van der Waals surface area contributed by atoms with Crippen LogP contribution >= 0.6 is 11.6 Å². The van der Waals surface area contributed by atoms with E-state index in [1.165, 1.54) is 6.20 Å². The number of aromatic nitrogens is 5. The van der Waals surface area contributed by atoms with Gasteiger partial charge in [-0.3, -0.25) is 9.88 Å². The summed E-state index contributed by atoms with van der Waals surface area (Å²) in [6.45, 7) is 7.76. The predicted molar refractivity (Wildman–Crippen MR) is 159 cm³/mol. The van der Waals surface area contributed by atoms with Crippen LogP contribution in [0.3, 0.4) is 0 Å². The first-order valence-electron chi connectivity index (χ1n) is 15.0. The molecule has 0 aliphatic carbocycles. The number of hydrogen-bond acceptors (Lipinski definition) is 8. The second-order valence-corrected chi connectivity index (χ2v) is 13.3. The van der Waals surface area contributed by atoms with E-state index in [1.807, 2.05) is 31.5 Å². The molecule has 4 aromatic rings. The zero-order valence-electron chi connectivity index (χ0n) is 24.6. The fourth-order valence-electron chi connectivity index (χ4n) is 6.73. The molecule has 0 amide bonds. The van der Waals surface area contributed by atoms with Gasteiger partial charge in [0, 0.05) is 41.7 Å². The second-order valence-electron chi connectivity index (χ2n) is 12.9. The van der Waals surface area contributed by atoms with Gasteiger partial charge in [0.05, 0.1) is 22.6 Å². The van der Waals surface area contributed by atoms with Gasteiger partial charge in [0.15, 0.2) is 12.0 Å². The molecule has 3 aliphatic heterocycles. The third kappa shape index (κ3) is 5.29. The number of pyridine rings is 1. The van der Waals surface area contributed by atoms with Crippen LogP contribution in [0.2, 0.25) is 5.02 Å². The minimum Gasteiger partial charge on any atom is -0.471 e. The number of benzene rings is 1. The molecular weight excluding hydrogens is 578 g/mol. The summed E-state index contributed by atoms with van der Waals surface area (Å²) in [5.74, 6) is -0.487. The van der Waals surface area contributed by atoms with Crippen LogP contribution in [0, 0.1) is 5.82 Å². The van der Waals surface area contributed by atoms with Crippen LogP contribution in [0.5, 0.6) is 11.9 Å². The maximum absolute atomic E-state index is 16.6. The average Bonchev–Trinajstić information content (AvgIpc) is 3.64. The highest BCUT2D eigenvalue weighted by Crippen LogP contribution is 2.41. The quantitative estimate of drug-likeness (QED) is 0.239. The summed E-state index contributed by atoms with van der Waals surface area (Å²) in [4.78, 5) is 15.7. The van der Waals surface area contributed by atoms with Gasteiger partial charge in [-0.25, -0.2) is 13.5 Å². The Hall–Kier alpha value is -3.15. The Balaban J connectivity index is 1.31. The van der Waals surface area contributed by atoms with Crippen molar-refractivity contribution in [2.24, 2.45) is 0 Å². The molecular formula is C31H35ClF2N6O3. The summed E-state index contributed by atoms with van der Waals surface area (Å²) in [6.07, 6.45) is 7.21. The summed E-state index contributed by atoms with van der Waals surface area (Å²) in [5.41, 5.74) is 0.287. The summed E-state index contributed by atoms with van der Waals surface area (Å²) in [5, 5.41) is 6.03. The zero-order chi connectivity index (χ0) is 29.9. The lowest BCUT2D eigenvalue weighted by atomic mass is 9.95. The summed E-state index contributed by atoms with van der Waals surface area (Å²) in [7, 11) is 0. The molecule has 1 unspecified atom stereocenters. The van der Waals surface area contributed by atoms with Crippen LogP contribution in [0.15, 0.2) is 24.5 Å². The number of halogens is 3. The van der Waals surface area contributed by atoms with E-state index in [2.05, 4.69) is 25.0 Å². The minimum absolute atomic E-state index is 0.0148. The van der Waals surface area contributed by atoms with Gasteiger partial charge >= 0.3 is 6.01 Å². The van der Waals surface area contributed by atoms with E-state index in [0.717, 1.165) is 44.2 Å². The number of hydrogen-bond donors (Lipinski definition) is 0. The SMILES string of the molecule is CC(C)(C)Oc1nc(OC[C@@]23CCCN2C[C@H](F)C3)nc2c(F)c(-c3cc(Cl)cc4c3cnn4C3CCCCO3)ncc12. The van der Waals surface area contributed by atoms with Crippen molar-refractivity contribution >= 4 is 33.4 Å². The Morgan fingerprint density at radius 3 is 2.79 bits per heavy atom. The van der Waals surface area contributed by atoms with E-state index in [0.29, 0.717) is 40.9 Å². The minimum atomic E-state index is -0.893. The molecule has 3 atom stereocenters. The van der Waals surface area contributed by atoms with Gasteiger partial charge < -0.3 is 14.2 Å². The van der Waals surface area contributed by atoms with Crippen molar-refractivity contribution in [3.8, 4) is 23.1 Å². The van der Waals surface area contributed by atoms with Crippen LogP contribution in [0.1, 0.15) is 65.5 Å². The van der Waals surface area contributed by atoms with Crippen molar-refractivity contribution in [1.82, 2.24) is 29.6 Å². The van der Waals surface area contributed by atoms with Gasteiger partial charge in [-0.1, -0.05) is 11.6 Å². The summed E-state index contributed by atoms with van der Waals surface area (Å²) < 4.78 is 50.9. The van der Waals surface area contributed by atoms with E-state index >= 15 is 4.39 Å². The molecule has 0 bridgehead atoms. The molecule has 6 heterocycles. The van der Waals surface area contributed by atoms with E-state index in [1.54, 1.807) is 12.3 Å². The van der Waals surface area contributed by atoms with Crippen LogP contribution in [-0.2, 0) is 4.74 Å². The van der Waals surface area contributed by atoms with Crippen LogP contribution in [0.25, 0.3) is 33.1 Å². The molecule has 7 rings (SSSR count). The van der Waals surface area contributed by atoms with E-state index in [-0.39, 0.29) is 35.9 Å². The number of alkyl halides is 1. The monoisotopic (exact) mass is 612 g/mol. The number of fused-ring (bicyclic) bond motifs is 3. The second kappa shape index (κ2) is 10.8. The third-order valence-electron chi connectivity index (χ3n) is 8.63. The maximum atomic E-state index is 16.6. The smallest absolute Gasteiger partial charge is 0.320 e. The number of ether oxygens (including phenoxy) is 3. The van der Waals surface area contributed by atoms with Gasteiger partial charge in [-0.05, 0) is 71.6 Å². The molecule has 0 N–H and O–H groups in total. The van der Waals surface area contributed by atoms with Crippen LogP contribution < -0.4 is 9.47 Å². The van der Waals surface area contributed by atoms with Gasteiger partial charge in [-0.15, -0.1) is 0 Å². The van der Waals surface area contributed by atoms with Gasteiger partial charge in [-0.2, -0.15) is 15.1 Å². The molecule has 228 valence electrons. The lowest BCUT2D eigenvalue weighted by molar-refractivity contribution is -0.0366. The molecule has 3 aromatic heterocycles. The van der Waals surface area contributed by atoms with Gasteiger partial charge in [0.2, 0.25) is 5.88 Å². The van der Waals surface area contributed by atoms with Crippen molar-refractivity contribution in [2.75, 3.05) is 26.3 Å². The Morgan fingerprint density at radius 1 is 1.14 bits per heavy atom. The highest BCUT2D eigenvalue weighted by molar-refractivity contribution is 6.31. The lowest BCUT2D eigenvalue weighted by Crippen LogP contribution is -2.43. The van der Waals surface area contributed by atoms with Crippen molar-refractivity contribution < 1.29 is 23.0 Å². The topological polar surface area (TPSA) is 87.4 Å². The molecule has 12 heteroatoms. The fraction of sp³-hybridized carbons (Fsp3) is 0.548. The number of rotatable bonds is 6. The van der Waals surface area contributed by atoms with Gasteiger partial charge in [0.25, 0.3) is 0 Å². The Kier molecular flexibility index (Phi) is 7.17. The standard InChI is InChI=1S/C31H35ClF2N6O3/c1-30(2,3)43-28-22-14-35-26(20-11-18(32)12-23-21(20)15-36-40(23)24-7-4-5-10-41-24)25(34)27(22)37-29(38-28)42-17-31-8-6-9-39(31)16-19(33)13-31/h11-12,14-15,19,24H,4-10,13,16-17H2,1-3H3/t19-,24?,31+/m1/s1. The molecule has 43 heavy (non-hydrogen) atoms. The largest absolute Gasteiger partial charge is 0.471 e. The summed E-state index contributed by atoms with van der Waals surface area (Å²) >= 11 is 6.56. The van der Waals surface area contributed by atoms with Crippen LogP contribution in [0.4, 0.5) is 8.78 Å². The van der Waals surface area contributed by atoms with E-state index in [4.69, 9.17) is 25.8 Å². The van der Waals surface area contributed by atoms with Gasteiger partial charge in [0.1, 0.15) is 29.6 Å². The molecule has 0 radical (unpaired) electrons. The van der Waals surface area contributed by atoms with E-state index in [9.17, 15) is 4.39 Å². The normalized spacial score (nSPS) is 24.6. The molecule has 3 saturated heterocycles. The Bertz CT molecular complexity index is 1690. The van der Waals surface area contributed by atoms with Crippen LogP contribution in [-0.4, -0.2) is 73.2 Å². The Labute approximate surface area is 253 Å². The number of nitrogens with zero attached hydrogens (tertiary/aromatic N) is 6. The fourth-order valence-corrected chi connectivity index (χ4v) is 6.94. The highest BCUT2D eigenvalue weighted by atomic mass is 35.5. The zero-order valence-corrected chi connectivity index (χ0v) is 25.3. The lowest BCUT2D eigenvalue weighted by Gasteiger charge is -2.31. The van der Waals surface area contributed by atoms with Crippen molar-refractivity contribution in [3.05, 3.63) is 35.4 Å².